The number of hydrogen-bond donors (Lipinski definition) is 3. The number of para-hydroxylation sites is 2. The summed E-state index contributed by atoms with van der Waals surface area (Å²) >= 11 is 0. The predicted molar refractivity (Wildman–Crippen MR) is 74.5 cm³/mol. The third kappa shape index (κ3) is 2.62. The summed E-state index contributed by atoms with van der Waals surface area (Å²) in [6, 6.07) is 8.88. The number of benzene rings is 1. The van der Waals surface area contributed by atoms with Crippen molar-refractivity contribution in [3.05, 3.63) is 53.7 Å². The molecule has 1 aromatic carbocycles. The Labute approximate surface area is 119 Å². The number of nitrogens with one attached hydrogen (secondary N) is 2. The van der Waals surface area contributed by atoms with Crippen molar-refractivity contribution < 1.29 is 14.0 Å². The van der Waals surface area contributed by atoms with E-state index in [1.807, 2.05) is 24.3 Å². The van der Waals surface area contributed by atoms with Crippen molar-refractivity contribution in [2.75, 3.05) is 0 Å². The first kappa shape index (κ1) is 12.9. The van der Waals surface area contributed by atoms with Gasteiger partial charge < -0.3 is 20.5 Å². The van der Waals surface area contributed by atoms with Crippen LogP contribution in [0.1, 0.15) is 26.7 Å². The lowest BCUT2D eigenvalue weighted by atomic mass is 10.3. The van der Waals surface area contributed by atoms with Gasteiger partial charge in [-0.05, 0) is 12.1 Å². The van der Waals surface area contributed by atoms with E-state index in [9.17, 15) is 9.59 Å². The molecule has 2 aromatic heterocycles. The predicted octanol–water partition coefficient (Wildman–Crippen LogP) is 1.18. The van der Waals surface area contributed by atoms with Crippen molar-refractivity contribution in [3.8, 4) is 0 Å². The number of amides is 2. The second-order valence-corrected chi connectivity index (χ2v) is 4.45. The lowest BCUT2D eigenvalue weighted by Crippen LogP contribution is -2.23. The first-order valence-electron chi connectivity index (χ1n) is 6.23. The van der Waals surface area contributed by atoms with Crippen LogP contribution in [-0.4, -0.2) is 21.8 Å². The average molecular weight is 284 g/mol. The van der Waals surface area contributed by atoms with Crippen LogP contribution in [0.2, 0.25) is 0 Å². The number of carbonyl (C=O) groups excluding carboxylic acids is 2. The molecule has 0 spiro atoms. The molecule has 0 unspecified atom stereocenters. The Kier molecular flexibility index (Phi) is 3.15. The van der Waals surface area contributed by atoms with E-state index in [1.54, 1.807) is 0 Å². The summed E-state index contributed by atoms with van der Waals surface area (Å²) in [6.07, 6.45) is 1.19. The van der Waals surface area contributed by atoms with Crippen LogP contribution < -0.4 is 11.1 Å². The minimum Gasteiger partial charge on any atom is -0.458 e. The highest BCUT2D eigenvalue weighted by molar-refractivity contribution is 5.97. The summed E-state index contributed by atoms with van der Waals surface area (Å²) in [5.41, 5.74) is 7.03. The van der Waals surface area contributed by atoms with Gasteiger partial charge in [0.2, 0.25) is 0 Å². The fraction of sp³-hybridized carbons (Fsp3) is 0.0714. The van der Waals surface area contributed by atoms with E-state index in [0.717, 1.165) is 11.0 Å². The molecular weight excluding hydrogens is 272 g/mol. The summed E-state index contributed by atoms with van der Waals surface area (Å²) < 4.78 is 4.89. The molecule has 0 saturated carbocycles. The fourth-order valence-electron chi connectivity index (χ4n) is 1.94. The number of rotatable bonds is 4. The summed E-state index contributed by atoms with van der Waals surface area (Å²) in [7, 11) is 0. The van der Waals surface area contributed by atoms with Gasteiger partial charge in [0.1, 0.15) is 12.1 Å². The smallest absolute Gasteiger partial charge is 0.284 e. The minimum absolute atomic E-state index is 0.0520. The van der Waals surface area contributed by atoms with E-state index in [4.69, 9.17) is 10.2 Å². The van der Waals surface area contributed by atoms with Gasteiger partial charge in [0.05, 0.1) is 23.1 Å². The maximum atomic E-state index is 11.9. The number of carbonyl (C=O) groups is 2. The molecule has 2 heterocycles. The minimum atomic E-state index is -0.716. The molecule has 0 radical (unpaired) electrons. The zero-order valence-electron chi connectivity index (χ0n) is 10.9. The van der Waals surface area contributed by atoms with Gasteiger partial charge in [-0.25, -0.2) is 4.98 Å². The van der Waals surface area contributed by atoms with Crippen LogP contribution in [0, 0.1) is 0 Å². The number of nitrogens with zero attached hydrogens (tertiary/aromatic N) is 1. The molecule has 4 N–H and O–H groups in total. The normalized spacial score (nSPS) is 10.7. The van der Waals surface area contributed by atoms with E-state index in [1.165, 1.54) is 12.3 Å². The van der Waals surface area contributed by atoms with Gasteiger partial charge in [-0.2, -0.15) is 0 Å². The molecule has 106 valence electrons. The van der Waals surface area contributed by atoms with Crippen molar-refractivity contribution in [2.45, 2.75) is 6.54 Å². The number of nitrogens with two attached hydrogens (primary N) is 1. The number of furan rings is 1. The molecular formula is C14H12N4O3. The quantitative estimate of drug-likeness (QED) is 0.667. The molecule has 3 rings (SSSR count). The third-order valence-corrected chi connectivity index (χ3v) is 2.96. The third-order valence-electron chi connectivity index (χ3n) is 2.96. The Morgan fingerprint density at radius 3 is 2.86 bits per heavy atom. The lowest BCUT2D eigenvalue weighted by Gasteiger charge is -1.99. The highest BCUT2D eigenvalue weighted by atomic mass is 16.3. The van der Waals surface area contributed by atoms with Gasteiger partial charge in [0.25, 0.3) is 11.8 Å². The Bertz CT molecular complexity index is 785. The Hall–Kier alpha value is -3.09. The summed E-state index contributed by atoms with van der Waals surface area (Å²) in [5, 5.41) is 2.68. The van der Waals surface area contributed by atoms with E-state index < -0.39 is 5.91 Å². The zero-order valence-corrected chi connectivity index (χ0v) is 10.9. The van der Waals surface area contributed by atoms with Crippen molar-refractivity contribution in [2.24, 2.45) is 5.73 Å². The van der Waals surface area contributed by atoms with Gasteiger partial charge in [-0.15, -0.1) is 0 Å². The van der Waals surface area contributed by atoms with Crippen LogP contribution in [-0.2, 0) is 6.54 Å². The van der Waals surface area contributed by atoms with Crippen LogP contribution in [0.15, 0.2) is 41.0 Å². The largest absolute Gasteiger partial charge is 0.458 e. The monoisotopic (exact) mass is 284 g/mol. The lowest BCUT2D eigenvalue weighted by molar-refractivity contribution is 0.0947. The van der Waals surface area contributed by atoms with Crippen molar-refractivity contribution in [1.82, 2.24) is 15.3 Å². The number of imidazole rings is 1. The highest BCUT2D eigenvalue weighted by Gasteiger charge is 2.13. The highest BCUT2D eigenvalue weighted by Crippen LogP contribution is 2.11. The maximum absolute atomic E-state index is 11.9. The van der Waals surface area contributed by atoms with Gasteiger partial charge in [0.15, 0.2) is 5.76 Å². The molecule has 0 aliphatic rings. The van der Waals surface area contributed by atoms with Crippen LogP contribution in [0.4, 0.5) is 0 Å². The summed E-state index contributed by atoms with van der Waals surface area (Å²) in [4.78, 5) is 30.2. The maximum Gasteiger partial charge on any atom is 0.284 e. The number of fused-ring (bicyclic) bond motifs is 1. The van der Waals surface area contributed by atoms with E-state index in [-0.39, 0.29) is 23.8 Å². The number of primary amides is 1. The molecule has 7 nitrogen and oxygen atoms in total. The van der Waals surface area contributed by atoms with Crippen LogP contribution in [0.25, 0.3) is 11.0 Å². The summed E-state index contributed by atoms with van der Waals surface area (Å²) in [5.74, 6) is -0.495. The van der Waals surface area contributed by atoms with Gasteiger partial charge in [-0.3, -0.25) is 9.59 Å². The molecule has 2 amide bonds. The molecule has 0 aliphatic heterocycles. The SMILES string of the molecule is NC(=O)c1cc(C(=O)NCc2nc3ccccc3[nH]2)co1. The first-order chi connectivity index (χ1) is 10.1. The molecule has 7 heteroatoms. The summed E-state index contributed by atoms with van der Waals surface area (Å²) in [6.45, 7) is 0.241. The van der Waals surface area contributed by atoms with E-state index >= 15 is 0 Å². The Morgan fingerprint density at radius 1 is 1.33 bits per heavy atom. The Morgan fingerprint density at radius 2 is 2.14 bits per heavy atom. The Balaban J connectivity index is 1.68. The topological polar surface area (TPSA) is 114 Å². The molecule has 0 atom stereocenters. The van der Waals surface area contributed by atoms with Crippen LogP contribution >= 0.6 is 0 Å². The van der Waals surface area contributed by atoms with Crippen LogP contribution in [0.3, 0.4) is 0 Å². The molecule has 0 saturated heterocycles. The first-order valence-corrected chi connectivity index (χ1v) is 6.23. The van der Waals surface area contributed by atoms with Gasteiger partial charge in [0, 0.05) is 6.07 Å². The van der Waals surface area contributed by atoms with Crippen molar-refractivity contribution >= 4 is 22.8 Å². The molecule has 21 heavy (non-hydrogen) atoms. The van der Waals surface area contributed by atoms with Crippen molar-refractivity contribution in [1.29, 1.82) is 0 Å². The molecule has 3 aromatic rings. The van der Waals surface area contributed by atoms with Crippen molar-refractivity contribution in [3.63, 3.8) is 0 Å². The van der Waals surface area contributed by atoms with Gasteiger partial charge in [-0.1, -0.05) is 12.1 Å². The molecule has 0 aliphatic carbocycles. The standard InChI is InChI=1S/C14H12N4O3/c15-13(19)11-5-8(7-21-11)14(20)16-6-12-17-9-3-1-2-4-10(9)18-12/h1-5,7H,6H2,(H2,15,19)(H,16,20)(H,17,18). The fourth-order valence-corrected chi connectivity index (χ4v) is 1.94. The van der Waals surface area contributed by atoms with E-state index in [2.05, 4.69) is 15.3 Å². The van der Waals surface area contributed by atoms with E-state index in [0.29, 0.717) is 5.82 Å². The van der Waals surface area contributed by atoms with Gasteiger partial charge >= 0.3 is 0 Å². The average Bonchev–Trinajstić information content (AvgIpc) is 3.11. The second-order valence-electron chi connectivity index (χ2n) is 4.45. The number of hydrogen-bond acceptors (Lipinski definition) is 4. The molecule has 0 bridgehead atoms. The number of aromatic amines is 1. The van der Waals surface area contributed by atoms with Crippen LogP contribution in [0.5, 0.6) is 0 Å². The number of aromatic nitrogens is 2. The number of H-pyrrole nitrogens is 1. The second kappa shape index (κ2) is 5.12. The zero-order chi connectivity index (χ0) is 14.8. The molecule has 0 fully saturated rings.